The molecule has 0 spiro atoms. The monoisotopic (exact) mass is 887 g/mol. The lowest BCUT2D eigenvalue weighted by molar-refractivity contribution is -0.116. The standard InChI is InChI=1S/C16H11N5O3S.C14H8N4O2S.C5H11NO.C2H4BrNO/c17-5-10-13(8-1-3-9(4-2-8)16(23)24)11(6-18)15(21-14(10)20)25-7-12(19)22;15-5-9-11(10(6-16)13(21)18-12(9)17)7-1-3-8(4-2-7)14(19)20;1-6-2-4-7-5-3-6;3-1-2(4)5/h1-4H,7H2,(H2,19,22)(H2,20,21)(H,23,24);1-4H,(H,19,20)(H3,17,18,21);2-5H2,1H3;1H2,(H2,4,5). The molecule has 2 amide bonds. The molecule has 18 nitrogen and oxygen atoms in total. The summed E-state index contributed by atoms with van der Waals surface area (Å²) in [5, 5.41) is 55.7. The van der Waals surface area contributed by atoms with Crippen LogP contribution >= 0.6 is 39.9 Å². The molecule has 3 heterocycles. The maximum absolute atomic E-state index is 11.0. The van der Waals surface area contributed by atoms with Crippen LogP contribution in [0, 0.1) is 50.0 Å². The largest absolute Gasteiger partial charge is 0.478 e. The highest BCUT2D eigenvalue weighted by molar-refractivity contribution is 9.09. The second-order valence-corrected chi connectivity index (χ2v) is 13.3. The van der Waals surface area contributed by atoms with Crippen LogP contribution in [0.2, 0.25) is 0 Å². The topological polar surface area (TPSA) is 349 Å². The summed E-state index contributed by atoms with van der Waals surface area (Å²) in [6.07, 6.45) is 0. The van der Waals surface area contributed by atoms with E-state index in [1.807, 2.05) is 24.3 Å². The maximum atomic E-state index is 11.0. The van der Waals surface area contributed by atoms with Crippen molar-refractivity contribution in [2.45, 2.75) is 5.03 Å². The molecule has 2 aromatic carbocycles. The lowest BCUT2D eigenvalue weighted by atomic mass is 9.96. The molecule has 0 atom stereocenters. The number of aromatic carboxylic acids is 2. The highest BCUT2D eigenvalue weighted by Crippen LogP contribution is 2.36. The number of nitrogen functional groups attached to an aromatic ring is 2. The van der Waals surface area contributed by atoms with Crippen molar-refractivity contribution in [3.05, 3.63) is 86.6 Å². The number of rotatable bonds is 8. The molecule has 4 aromatic rings. The Balaban J connectivity index is 0.000000314. The van der Waals surface area contributed by atoms with Crippen LogP contribution in [0.25, 0.3) is 22.3 Å². The number of nitrogens with zero attached hydrogens (tertiary/aromatic N) is 6. The lowest BCUT2D eigenvalue weighted by Gasteiger charge is -2.21. The predicted molar refractivity (Wildman–Crippen MR) is 220 cm³/mol. The Labute approximate surface area is 349 Å². The zero-order valence-electron chi connectivity index (χ0n) is 30.5. The minimum Gasteiger partial charge on any atom is -0.478 e. The summed E-state index contributed by atoms with van der Waals surface area (Å²) in [6, 6.07) is 19.2. The van der Waals surface area contributed by atoms with Gasteiger partial charge < -0.3 is 47.8 Å². The van der Waals surface area contributed by atoms with E-state index in [1.54, 1.807) is 0 Å². The molecule has 0 aliphatic carbocycles. The SMILES string of the molecule is CN1CCOCC1.N#Cc1c(N)[nH]c(=S)c(C#N)c1-c1ccc(C(=O)O)cc1.N#Cc1c(N)nc(SCC(N)=O)c(C#N)c1-c1ccc(C(=O)O)cc1.NC(=O)CBr. The number of pyridine rings is 2. The summed E-state index contributed by atoms with van der Waals surface area (Å²) < 4.78 is 5.23. The number of carbonyl (C=O) groups excluding carboxylic acids is 2. The molecule has 0 saturated carbocycles. The number of carboxylic acids is 2. The number of nitriles is 4. The number of primary amides is 2. The van der Waals surface area contributed by atoms with Crippen molar-refractivity contribution in [3.8, 4) is 46.5 Å². The number of ether oxygens (including phenoxy) is 1. The summed E-state index contributed by atoms with van der Waals surface area (Å²) in [5.74, 6) is -3.21. The molecule has 21 heteroatoms. The minimum atomic E-state index is -1.10. The molecule has 1 fully saturated rings. The Bertz CT molecular complexity index is 2390. The van der Waals surface area contributed by atoms with Crippen molar-refractivity contribution in [1.82, 2.24) is 14.9 Å². The van der Waals surface area contributed by atoms with Gasteiger partial charge in [0.15, 0.2) is 0 Å². The third-order valence-corrected chi connectivity index (χ3v) is 9.30. The van der Waals surface area contributed by atoms with Gasteiger partial charge in [-0.2, -0.15) is 21.0 Å². The van der Waals surface area contributed by atoms with Crippen molar-refractivity contribution in [2.75, 3.05) is 55.9 Å². The molecule has 0 unspecified atom stereocenters. The first-order valence-electron chi connectivity index (χ1n) is 16.2. The van der Waals surface area contributed by atoms with Gasteiger partial charge in [0.05, 0.1) is 46.6 Å². The second-order valence-electron chi connectivity index (χ2n) is 11.4. The summed E-state index contributed by atoms with van der Waals surface area (Å²) in [5.41, 5.74) is 23.2. The Kier molecular flexibility index (Phi) is 19.0. The number of amides is 2. The number of halogens is 1. The van der Waals surface area contributed by atoms with Crippen molar-refractivity contribution in [3.63, 3.8) is 0 Å². The fourth-order valence-electron chi connectivity index (χ4n) is 4.68. The molecule has 1 saturated heterocycles. The number of carboxylic acid groups (broad SMARTS) is 2. The van der Waals surface area contributed by atoms with E-state index >= 15 is 0 Å². The number of likely N-dealkylation sites (N-methyl/N-ethyl adjacent to an activating group) is 1. The molecule has 1 aliphatic rings. The molecule has 11 N–H and O–H groups in total. The van der Waals surface area contributed by atoms with Crippen molar-refractivity contribution >= 4 is 75.3 Å². The smallest absolute Gasteiger partial charge is 0.335 e. The summed E-state index contributed by atoms with van der Waals surface area (Å²) in [4.78, 5) is 51.2. The molecular weight excluding hydrogens is 855 g/mol. The molecule has 2 aromatic heterocycles. The van der Waals surface area contributed by atoms with Crippen LogP contribution in [-0.2, 0) is 14.3 Å². The van der Waals surface area contributed by atoms with Gasteiger partial charge in [0.1, 0.15) is 56.7 Å². The van der Waals surface area contributed by atoms with Gasteiger partial charge in [-0.3, -0.25) is 9.59 Å². The first-order chi connectivity index (χ1) is 27.5. The van der Waals surface area contributed by atoms with Crippen LogP contribution in [0.4, 0.5) is 11.6 Å². The van der Waals surface area contributed by atoms with Gasteiger partial charge in [-0.1, -0.05) is 64.2 Å². The van der Waals surface area contributed by atoms with Crippen molar-refractivity contribution in [1.29, 1.82) is 21.0 Å². The van der Waals surface area contributed by atoms with Gasteiger partial charge in [0.2, 0.25) is 11.8 Å². The zero-order chi connectivity index (χ0) is 43.5. The summed E-state index contributed by atoms with van der Waals surface area (Å²) in [7, 11) is 2.11. The number of morpholine rings is 1. The van der Waals surface area contributed by atoms with E-state index in [0.717, 1.165) is 38.1 Å². The molecule has 58 heavy (non-hydrogen) atoms. The number of H-pyrrole nitrogens is 1. The van der Waals surface area contributed by atoms with E-state index in [-0.39, 0.29) is 77.2 Å². The molecule has 5 rings (SSSR count). The molecule has 1 aliphatic heterocycles. The van der Waals surface area contributed by atoms with Gasteiger partial charge >= 0.3 is 11.9 Å². The van der Waals surface area contributed by atoms with Crippen molar-refractivity contribution < 1.29 is 34.1 Å². The number of nitrogens with one attached hydrogen (secondary N) is 1. The Morgan fingerprint density at radius 2 is 1.24 bits per heavy atom. The molecule has 0 radical (unpaired) electrons. The number of thioether (sulfide) groups is 1. The average molecular weight is 889 g/mol. The Hall–Kier alpha value is -6.85. The van der Waals surface area contributed by atoms with Crippen molar-refractivity contribution in [2.24, 2.45) is 11.5 Å². The third-order valence-electron chi connectivity index (χ3n) is 7.44. The molecule has 0 bridgehead atoms. The van der Waals surface area contributed by atoms with Crippen LogP contribution < -0.4 is 22.9 Å². The fraction of sp³-hybridized carbons (Fsp3) is 0.189. The van der Waals surface area contributed by atoms with Gasteiger partial charge in [-0.25, -0.2) is 14.6 Å². The Morgan fingerprint density at radius 1 is 0.810 bits per heavy atom. The number of hydrogen-bond acceptors (Lipinski definition) is 15. The van der Waals surface area contributed by atoms with Crippen LogP contribution in [-0.4, -0.2) is 93.3 Å². The van der Waals surface area contributed by atoms with E-state index in [2.05, 4.69) is 43.6 Å². The zero-order valence-corrected chi connectivity index (χ0v) is 33.7. The highest BCUT2D eigenvalue weighted by atomic mass is 79.9. The van der Waals surface area contributed by atoms with Gasteiger partial charge in [0, 0.05) is 24.2 Å². The number of aromatic amines is 1. The number of nitrogens with two attached hydrogens (primary N) is 4. The van der Waals surface area contributed by atoms with Crippen LogP contribution in [0.15, 0.2) is 53.6 Å². The van der Waals surface area contributed by atoms with E-state index in [0.29, 0.717) is 16.7 Å². The first kappa shape index (κ1) is 47.3. The lowest BCUT2D eigenvalue weighted by Crippen LogP contribution is -2.32. The van der Waals surface area contributed by atoms with E-state index in [9.17, 15) is 40.2 Å². The number of anilines is 2. The van der Waals surface area contributed by atoms with Gasteiger partial charge in [-0.05, 0) is 42.4 Å². The number of benzene rings is 2. The molecule has 298 valence electrons. The van der Waals surface area contributed by atoms with Gasteiger partial charge in [0.25, 0.3) is 0 Å². The van der Waals surface area contributed by atoms with Gasteiger partial charge in [-0.15, -0.1) is 0 Å². The average Bonchev–Trinajstić information content (AvgIpc) is 3.20. The maximum Gasteiger partial charge on any atom is 0.335 e. The van der Waals surface area contributed by atoms with Crippen LogP contribution in [0.1, 0.15) is 43.0 Å². The van der Waals surface area contributed by atoms with Crippen LogP contribution in [0.5, 0.6) is 0 Å². The highest BCUT2D eigenvalue weighted by Gasteiger charge is 2.21. The van der Waals surface area contributed by atoms with Crippen LogP contribution in [0.3, 0.4) is 0 Å². The first-order valence-corrected chi connectivity index (χ1v) is 18.7. The third kappa shape index (κ3) is 13.4. The summed E-state index contributed by atoms with van der Waals surface area (Å²) in [6.45, 7) is 4.02. The predicted octanol–water partition coefficient (Wildman–Crippen LogP) is 3.60. The Morgan fingerprint density at radius 3 is 1.59 bits per heavy atom. The normalized spacial score (nSPS) is 11.4. The van der Waals surface area contributed by atoms with E-state index in [1.165, 1.54) is 48.5 Å². The molecular formula is C37H34BrN11O7S2. The fourth-order valence-corrected chi connectivity index (χ4v) is 5.67. The van der Waals surface area contributed by atoms with E-state index in [4.69, 9.17) is 44.4 Å². The van der Waals surface area contributed by atoms with E-state index < -0.39 is 17.8 Å². The number of carbonyl (C=O) groups is 4. The quantitative estimate of drug-likeness (QED) is 0.0755. The summed E-state index contributed by atoms with van der Waals surface area (Å²) >= 11 is 8.82. The number of hydrogen-bond donors (Lipinski definition) is 7. The number of alkyl halides is 1. The number of aromatic nitrogens is 2. The second kappa shape index (κ2) is 23.3. The minimum absolute atomic E-state index is 0.00282.